The predicted molar refractivity (Wildman–Crippen MR) is 70.0 cm³/mol. The van der Waals surface area contributed by atoms with Gasteiger partial charge in [0.25, 0.3) is 0 Å². The fourth-order valence-electron chi connectivity index (χ4n) is 2.32. The molecule has 1 aliphatic carbocycles. The highest BCUT2D eigenvalue weighted by Crippen LogP contribution is 2.29. The number of carbonyl (C=O) groups is 1. The molecule has 2 rings (SSSR count). The minimum atomic E-state index is 0.154. The summed E-state index contributed by atoms with van der Waals surface area (Å²) in [5.41, 5.74) is 2.47. The van der Waals surface area contributed by atoms with E-state index in [1.807, 2.05) is 24.2 Å². The van der Waals surface area contributed by atoms with E-state index in [1.165, 1.54) is 11.3 Å². The van der Waals surface area contributed by atoms with Crippen LogP contribution in [-0.2, 0) is 18.3 Å². The Morgan fingerprint density at radius 3 is 3.29 bits per heavy atom. The van der Waals surface area contributed by atoms with Gasteiger partial charge in [0, 0.05) is 30.5 Å². The van der Waals surface area contributed by atoms with Gasteiger partial charge in [0.1, 0.15) is 0 Å². The molecule has 0 fully saturated rings. The number of thioether (sulfide) groups is 1. The van der Waals surface area contributed by atoms with Crippen LogP contribution in [-0.4, -0.2) is 27.7 Å². The third-order valence-corrected chi connectivity index (χ3v) is 3.86. The molecular formula is C12H19N3OS. The normalized spacial score (nSPS) is 18.8. The molecule has 1 aromatic rings. The summed E-state index contributed by atoms with van der Waals surface area (Å²) < 4.78 is 1.93. The van der Waals surface area contributed by atoms with Crippen molar-refractivity contribution in [1.29, 1.82) is 0 Å². The van der Waals surface area contributed by atoms with Crippen molar-refractivity contribution in [3.63, 3.8) is 0 Å². The second-order valence-corrected chi connectivity index (χ2v) is 5.41. The van der Waals surface area contributed by atoms with E-state index in [4.69, 9.17) is 0 Å². The Labute approximate surface area is 106 Å². The van der Waals surface area contributed by atoms with Gasteiger partial charge < -0.3 is 5.32 Å². The molecule has 0 aliphatic heterocycles. The summed E-state index contributed by atoms with van der Waals surface area (Å²) in [4.78, 5) is 11.7. The van der Waals surface area contributed by atoms with Gasteiger partial charge in [-0.3, -0.25) is 9.48 Å². The quantitative estimate of drug-likeness (QED) is 0.888. The molecule has 0 aromatic carbocycles. The molecule has 0 spiro atoms. The second kappa shape index (κ2) is 5.58. The number of fused-ring (bicyclic) bond motifs is 1. The number of amides is 1. The van der Waals surface area contributed by atoms with Crippen LogP contribution in [0.5, 0.6) is 0 Å². The summed E-state index contributed by atoms with van der Waals surface area (Å²) in [6, 6.07) is 0.168. The molecule has 0 saturated carbocycles. The van der Waals surface area contributed by atoms with Gasteiger partial charge in [-0.1, -0.05) is 0 Å². The monoisotopic (exact) mass is 253 g/mol. The molecule has 5 heteroatoms. The molecule has 1 heterocycles. The first-order valence-electron chi connectivity index (χ1n) is 6.01. The summed E-state index contributed by atoms with van der Waals surface area (Å²) in [5.74, 6) is 1.04. The number of carbonyl (C=O) groups excluding carboxylic acids is 1. The lowest BCUT2D eigenvalue weighted by Gasteiger charge is -2.23. The Balaban J connectivity index is 2.01. The molecule has 1 aliphatic rings. The average Bonchev–Trinajstić information content (AvgIpc) is 2.70. The van der Waals surface area contributed by atoms with E-state index in [-0.39, 0.29) is 11.9 Å². The van der Waals surface area contributed by atoms with Crippen molar-refractivity contribution in [1.82, 2.24) is 15.1 Å². The van der Waals surface area contributed by atoms with Crippen molar-refractivity contribution in [2.45, 2.75) is 31.7 Å². The van der Waals surface area contributed by atoms with Gasteiger partial charge >= 0.3 is 0 Å². The Kier molecular flexibility index (Phi) is 4.10. The van der Waals surface area contributed by atoms with Crippen LogP contribution in [0.15, 0.2) is 6.20 Å². The van der Waals surface area contributed by atoms with Crippen molar-refractivity contribution in [3.05, 3.63) is 17.5 Å². The van der Waals surface area contributed by atoms with Gasteiger partial charge in [0.2, 0.25) is 5.91 Å². The second-order valence-electron chi connectivity index (χ2n) is 4.43. The van der Waals surface area contributed by atoms with Crippen LogP contribution in [0.3, 0.4) is 0 Å². The van der Waals surface area contributed by atoms with Crippen molar-refractivity contribution < 1.29 is 4.79 Å². The summed E-state index contributed by atoms with van der Waals surface area (Å²) in [5, 5.41) is 7.40. The summed E-state index contributed by atoms with van der Waals surface area (Å²) in [6.45, 7) is 0. The Morgan fingerprint density at radius 1 is 1.71 bits per heavy atom. The Morgan fingerprint density at radius 2 is 2.53 bits per heavy atom. The van der Waals surface area contributed by atoms with Gasteiger partial charge in [0.15, 0.2) is 0 Å². The minimum Gasteiger partial charge on any atom is -0.349 e. The van der Waals surface area contributed by atoms with Gasteiger partial charge in [0.05, 0.1) is 12.2 Å². The number of nitrogens with one attached hydrogen (secondary N) is 1. The zero-order valence-corrected chi connectivity index (χ0v) is 11.2. The molecule has 1 aromatic heterocycles. The van der Waals surface area contributed by atoms with Crippen LogP contribution in [0.2, 0.25) is 0 Å². The van der Waals surface area contributed by atoms with Gasteiger partial charge in [-0.15, -0.1) is 0 Å². The van der Waals surface area contributed by atoms with E-state index in [2.05, 4.69) is 10.4 Å². The third kappa shape index (κ3) is 2.83. The molecule has 0 saturated heterocycles. The molecule has 1 atom stereocenters. The van der Waals surface area contributed by atoms with E-state index in [1.54, 1.807) is 11.8 Å². The highest BCUT2D eigenvalue weighted by Gasteiger charge is 2.24. The highest BCUT2D eigenvalue weighted by atomic mass is 32.2. The number of hydrogen-bond donors (Lipinski definition) is 1. The van der Waals surface area contributed by atoms with Crippen LogP contribution in [0.25, 0.3) is 0 Å². The van der Waals surface area contributed by atoms with Gasteiger partial charge in [-0.25, -0.2) is 0 Å². The predicted octanol–water partition coefficient (Wildman–Crippen LogP) is 1.67. The van der Waals surface area contributed by atoms with Crippen molar-refractivity contribution in [3.8, 4) is 0 Å². The number of aryl methyl sites for hydroxylation is 1. The van der Waals surface area contributed by atoms with E-state index in [0.717, 1.165) is 25.0 Å². The standard InChI is InChI=1S/C12H19N3OS/c1-15-11-5-3-4-10(9(11)8-13-15)14-12(16)6-7-17-2/h8,10H,3-7H2,1-2H3,(H,14,16)/t10-/m1/s1. The maximum Gasteiger partial charge on any atom is 0.221 e. The van der Waals surface area contributed by atoms with Crippen molar-refractivity contribution in [2.24, 2.45) is 7.05 Å². The number of hydrogen-bond acceptors (Lipinski definition) is 3. The lowest BCUT2D eigenvalue weighted by Crippen LogP contribution is -2.31. The number of rotatable bonds is 4. The maximum absolute atomic E-state index is 11.7. The first-order valence-corrected chi connectivity index (χ1v) is 7.41. The average molecular weight is 253 g/mol. The SMILES string of the molecule is CSCCC(=O)N[C@@H]1CCCc2c1cnn2C. The lowest BCUT2D eigenvalue weighted by molar-refractivity contribution is -0.121. The first-order chi connectivity index (χ1) is 8.22. The molecule has 94 valence electrons. The topological polar surface area (TPSA) is 46.9 Å². The largest absolute Gasteiger partial charge is 0.349 e. The first kappa shape index (κ1) is 12.5. The molecule has 0 bridgehead atoms. The van der Waals surface area contributed by atoms with Crippen LogP contribution < -0.4 is 5.32 Å². The fourth-order valence-corrected chi connectivity index (χ4v) is 2.71. The smallest absolute Gasteiger partial charge is 0.221 e. The Bertz CT molecular complexity index is 402. The molecule has 1 N–H and O–H groups in total. The van der Waals surface area contributed by atoms with E-state index >= 15 is 0 Å². The van der Waals surface area contributed by atoms with Crippen LogP contribution in [0, 0.1) is 0 Å². The third-order valence-electron chi connectivity index (χ3n) is 3.24. The van der Waals surface area contributed by atoms with Crippen LogP contribution >= 0.6 is 11.8 Å². The van der Waals surface area contributed by atoms with E-state index in [9.17, 15) is 4.79 Å². The number of aromatic nitrogens is 2. The molecule has 4 nitrogen and oxygen atoms in total. The summed E-state index contributed by atoms with van der Waals surface area (Å²) in [7, 11) is 1.97. The summed E-state index contributed by atoms with van der Waals surface area (Å²) in [6.07, 6.45) is 7.75. The van der Waals surface area contributed by atoms with Crippen LogP contribution in [0.4, 0.5) is 0 Å². The zero-order chi connectivity index (χ0) is 12.3. The van der Waals surface area contributed by atoms with Crippen LogP contribution in [0.1, 0.15) is 36.6 Å². The van der Waals surface area contributed by atoms with Crippen molar-refractivity contribution >= 4 is 17.7 Å². The summed E-state index contributed by atoms with van der Waals surface area (Å²) >= 11 is 1.70. The number of nitrogens with zero attached hydrogens (tertiary/aromatic N) is 2. The van der Waals surface area contributed by atoms with Gasteiger partial charge in [-0.2, -0.15) is 16.9 Å². The van der Waals surface area contributed by atoms with Crippen molar-refractivity contribution in [2.75, 3.05) is 12.0 Å². The minimum absolute atomic E-state index is 0.154. The highest BCUT2D eigenvalue weighted by molar-refractivity contribution is 7.98. The Hall–Kier alpha value is -0.970. The lowest BCUT2D eigenvalue weighted by atomic mass is 9.93. The molecule has 0 radical (unpaired) electrons. The molecular weight excluding hydrogens is 234 g/mol. The van der Waals surface area contributed by atoms with Gasteiger partial charge in [-0.05, 0) is 25.5 Å². The maximum atomic E-state index is 11.7. The van der Waals surface area contributed by atoms with E-state index < -0.39 is 0 Å². The zero-order valence-electron chi connectivity index (χ0n) is 10.4. The van der Waals surface area contributed by atoms with E-state index in [0.29, 0.717) is 6.42 Å². The molecule has 17 heavy (non-hydrogen) atoms. The molecule has 1 amide bonds. The fraction of sp³-hybridized carbons (Fsp3) is 0.667. The molecule has 0 unspecified atom stereocenters.